The van der Waals surface area contributed by atoms with E-state index in [1.807, 2.05) is 39.0 Å². The lowest BCUT2D eigenvalue weighted by atomic mass is 9.96. The number of nitrogens with one attached hydrogen (secondary N) is 2. The van der Waals surface area contributed by atoms with E-state index in [-0.39, 0.29) is 17.2 Å². The van der Waals surface area contributed by atoms with Crippen LogP contribution < -0.4 is 10.6 Å². The molecular weight excluding hydrogens is 276 g/mol. The van der Waals surface area contributed by atoms with Crippen LogP contribution in [0.15, 0.2) is 30.3 Å². The number of benzene rings is 1. The van der Waals surface area contributed by atoms with Gasteiger partial charge < -0.3 is 10.6 Å². The second-order valence-corrected chi connectivity index (χ2v) is 6.73. The first kappa shape index (κ1) is 18.2. The number of rotatable bonds is 7. The van der Waals surface area contributed by atoms with Crippen molar-refractivity contribution in [3.8, 4) is 0 Å². The molecule has 2 N–H and O–H groups in total. The van der Waals surface area contributed by atoms with E-state index in [0.29, 0.717) is 31.8 Å². The van der Waals surface area contributed by atoms with E-state index in [1.165, 1.54) is 5.56 Å². The maximum absolute atomic E-state index is 11.8. The van der Waals surface area contributed by atoms with Gasteiger partial charge in [-0.05, 0) is 17.9 Å². The first-order valence-electron chi connectivity index (χ1n) is 7.90. The van der Waals surface area contributed by atoms with Gasteiger partial charge in [0, 0.05) is 24.9 Å². The third-order valence-electron chi connectivity index (χ3n) is 3.52. The summed E-state index contributed by atoms with van der Waals surface area (Å²) < 4.78 is 0. The quantitative estimate of drug-likeness (QED) is 0.761. The van der Waals surface area contributed by atoms with Crippen LogP contribution >= 0.6 is 0 Å². The van der Waals surface area contributed by atoms with E-state index in [9.17, 15) is 9.59 Å². The summed E-state index contributed by atoms with van der Waals surface area (Å²) >= 11 is 0. The molecule has 1 rings (SSSR count). The molecule has 0 bridgehead atoms. The summed E-state index contributed by atoms with van der Waals surface area (Å²) in [7, 11) is 0. The summed E-state index contributed by atoms with van der Waals surface area (Å²) in [5, 5.41) is 5.80. The number of carbonyl (C=O) groups is 2. The molecule has 0 heterocycles. The molecule has 1 aromatic rings. The zero-order valence-corrected chi connectivity index (χ0v) is 14.1. The van der Waals surface area contributed by atoms with Crippen LogP contribution in [0, 0.1) is 5.41 Å². The van der Waals surface area contributed by atoms with Gasteiger partial charge in [-0.3, -0.25) is 9.59 Å². The Balaban J connectivity index is 2.18. The Morgan fingerprint density at radius 1 is 1.09 bits per heavy atom. The topological polar surface area (TPSA) is 58.2 Å². The maximum Gasteiger partial charge on any atom is 0.225 e. The average molecular weight is 304 g/mol. The van der Waals surface area contributed by atoms with Crippen molar-refractivity contribution in [1.82, 2.24) is 10.6 Å². The van der Waals surface area contributed by atoms with E-state index in [0.717, 1.165) is 0 Å². The molecule has 1 aromatic carbocycles. The molecular formula is C18H28N2O2. The second kappa shape index (κ2) is 8.57. The molecule has 4 nitrogen and oxygen atoms in total. The van der Waals surface area contributed by atoms with Gasteiger partial charge in [-0.25, -0.2) is 0 Å². The summed E-state index contributed by atoms with van der Waals surface area (Å²) in [6.45, 7) is 8.90. The van der Waals surface area contributed by atoms with Crippen molar-refractivity contribution in [3.63, 3.8) is 0 Å². The highest BCUT2D eigenvalue weighted by Gasteiger charge is 2.20. The van der Waals surface area contributed by atoms with Gasteiger partial charge >= 0.3 is 0 Å². The molecule has 0 aromatic heterocycles. The summed E-state index contributed by atoms with van der Waals surface area (Å²) in [6.07, 6.45) is 1.10. The molecule has 22 heavy (non-hydrogen) atoms. The van der Waals surface area contributed by atoms with Gasteiger partial charge in [0.15, 0.2) is 0 Å². The van der Waals surface area contributed by atoms with Crippen LogP contribution in [-0.2, 0) is 9.59 Å². The third-order valence-corrected chi connectivity index (χ3v) is 3.52. The Kier molecular flexibility index (Phi) is 7.09. The van der Waals surface area contributed by atoms with Crippen molar-refractivity contribution in [2.24, 2.45) is 5.41 Å². The minimum atomic E-state index is -0.382. The Bertz CT molecular complexity index is 478. The summed E-state index contributed by atoms with van der Waals surface area (Å²) in [5.74, 6) is 0.351. The highest BCUT2D eigenvalue weighted by atomic mass is 16.2. The molecule has 122 valence electrons. The first-order valence-corrected chi connectivity index (χ1v) is 7.90. The van der Waals surface area contributed by atoms with Crippen molar-refractivity contribution in [2.75, 3.05) is 13.1 Å². The van der Waals surface area contributed by atoms with Crippen LogP contribution in [0.3, 0.4) is 0 Å². The zero-order valence-electron chi connectivity index (χ0n) is 14.1. The van der Waals surface area contributed by atoms with Crippen molar-refractivity contribution in [2.45, 2.75) is 46.5 Å². The van der Waals surface area contributed by atoms with Gasteiger partial charge in [-0.2, -0.15) is 0 Å². The van der Waals surface area contributed by atoms with Gasteiger partial charge in [-0.15, -0.1) is 0 Å². The highest BCUT2D eigenvalue weighted by molar-refractivity contribution is 5.81. The molecule has 0 unspecified atom stereocenters. The largest absolute Gasteiger partial charge is 0.356 e. The molecule has 0 spiro atoms. The van der Waals surface area contributed by atoms with Crippen molar-refractivity contribution in [3.05, 3.63) is 35.9 Å². The molecule has 0 aliphatic carbocycles. The fraction of sp³-hybridized carbons (Fsp3) is 0.556. The molecule has 0 aliphatic heterocycles. The average Bonchev–Trinajstić information content (AvgIpc) is 2.48. The van der Waals surface area contributed by atoms with Crippen molar-refractivity contribution < 1.29 is 9.59 Å². The summed E-state index contributed by atoms with van der Waals surface area (Å²) in [5.41, 5.74) is 0.841. The highest BCUT2D eigenvalue weighted by Crippen LogP contribution is 2.13. The minimum Gasteiger partial charge on any atom is -0.356 e. The summed E-state index contributed by atoms with van der Waals surface area (Å²) in [6, 6.07) is 10.1. The van der Waals surface area contributed by atoms with E-state index in [1.54, 1.807) is 0 Å². The fourth-order valence-electron chi connectivity index (χ4n) is 1.97. The molecule has 0 saturated heterocycles. The first-order chi connectivity index (χ1) is 10.3. The van der Waals surface area contributed by atoms with Gasteiger partial charge in [0.1, 0.15) is 0 Å². The van der Waals surface area contributed by atoms with Gasteiger partial charge in [0.25, 0.3) is 0 Å². The number of hydrogen-bond acceptors (Lipinski definition) is 2. The molecule has 0 aliphatic rings. The molecule has 0 radical (unpaired) electrons. The molecule has 0 fully saturated rings. The van der Waals surface area contributed by atoms with E-state index in [2.05, 4.69) is 29.7 Å². The Morgan fingerprint density at radius 2 is 1.73 bits per heavy atom. The summed E-state index contributed by atoms with van der Waals surface area (Å²) in [4.78, 5) is 23.5. The van der Waals surface area contributed by atoms with Gasteiger partial charge in [0.05, 0.1) is 0 Å². The van der Waals surface area contributed by atoms with Crippen molar-refractivity contribution in [1.29, 1.82) is 0 Å². The second-order valence-electron chi connectivity index (χ2n) is 6.73. The SMILES string of the molecule is C[C@@H](CNC(=O)CCCNC(=O)C(C)(C)C)c1ccccc1. The van der Waals surface area contributed by atoms with Crippen molar-refractivity contribution >= 4 is 11.8 Å². The Morgan fingerprint density at radius 3 is 2.32 bits per heavy atom. The lowest BCUT2D eigenvalue weighted by Crippen LogP contribution is -2.36. The smallest absolute Gasteiger partial charge is 0.225 e. The maximum atomic E-state index is 11.8. The zero-order chi connectivity index (χ0) is 16.6. The van der Waals surface area contributed by atoms with Crippen LogP contribution in [-0.4, -0.2) is 24.9 Å². The lowest BCUT2D eigenvalue weighted by Gasteiger charge is -2.17. The van der Waals surface area contributed by atoms with Crippen LogP contribution in [0.25, 0.3) is 0 Å². The van der Waals surface area contributed by atoms with E-state index < -0.39 is 0 Å². The predicted octanol–water partition coefficient (Wildman–Crippen LogP) is 2.85. The number of carbonyl (C=O) groups excluding carboxylic acids is 2. The Hall–Kier alpha value is -1.84. The molecule has 1 atom stereocenters. The van der Waals surface area contributed by atoms with Crippen LogP contribution in [0.5, 0.6) is 0 Å². The molecule has 4 heteroatoms. The fourth-order valence-corrected chi connectivity index (χ4v) is 1.97. The monoisotopic (exact) mass is 304 g/mol. The number of amides is 2. The standard InChI is InChI=1S/C18H28N2O2/c1-14(15-9-6-5-7-10-15)13-20-16(21)11-8-12-19-17(22)18(2,3)4/h5-7,9-10,14H,8,11-13H2,1-4H3,(H,19,22)(H,20,21)/t14-/m0/s1. The molecule has 0 saturated carbocycles. The van der Waals surface area contributed by atoms with Crippen LogP contribution in [0.4, 0.5) is 0 Å². The van der Waals surface area contributed by atoms with Crippen LogP contribution in [0.1, 0.15) is 52.0 Å². The number of hydrogen-bond donors (Lipinski definition) is 2. The lowest BCUT2D eigenvalue weighted by molar-refractivity contribution is -0.128. The van der Waals surface area contributed by atoms with Gasteiger partial charge in [0.2, 0.25) is 11.8 Å². The predicted molar refractivity (Wildman–Crippen MR) is 89.6 cm³/mol. The third kappa shape index (κ3) is 6.74. The van der Waals surface area contributed by atoms with E-state index in [4.69, 9.17) is 0 Å². The molecule has 2 amide bonds. The Labute approximate surface area is 133 Å². The normalized spacial score (nSPS) is 12.5. The van der Waals surface area contributed by atoms with Gasteiger partial charge in [-0.1, -0.05) is 58.0 Å². The van der Waals surface area contributed by atoms with E-state index >= 15 is 0 Å². The minimum absolute atomic E-state index is 0.0191. The van der Waals surface area contributed by atoms with Crippen LogP contribution in [0.2, 0.25) is 0 Å².